The molecule has 0 amide bonds. The molecule has 0 aliphatic heterocycles. The van der Waals surface area contributed by atoms with Gasteiger partial charge >= 0.3 is 0 Å². The summed E-state index contributed by atoms with van der Waals surface area (Å²) in [4.78, 5) is 0. The Morgan fingerprint density at radius 3 is 2.67 bits per heavy atom. The fraction of sp³-hybridized carbons (Fsp3) is 0.143. The summed E-state index contributed by atoms with van der Waals surface area (Å²) < 4.78 is 14.0. The minimum Gasteiger partial charge on any atom is -0.378 e. The lowest BCUT2D eigenvalue weighted by molar-refractivity contribution is 0.623. The van der Waals surface area contributed by atoms with E-state index < -0.39 is 0 Å². The van der Waals surface area contributed by atoms with Crippen molar-refractivity contribution in [3.63, 3.8) is 0 Å². The van der Waals surface area contributed by atoms with Crippen molar-refractivity contribution in [2.24, 2.45) is 0 Å². The van der Waals surface area contributed by atoms with Crippen LogP contribution in [-0.4, -0.2) is 0 Å². The van der Waals surface area contributed by atoms with E-state index >= 15 is 0 Å². The molecule has 18 heavy (non-hydrogen) atoms. The Hall–Kier alpha value is -1.06. The maximum Gasteiger partial charge on any atom is 0.123 e. The normalized spacial score (nSPS) is 12.2. The van der Waals surface area contributed by atoms with Crippen molar-refractivity contribution < 1.29 is 4.39 Å². The summed E-state index contributed by atoms with van der Waals surface area (Å²) in [6.07, 6.45) is 0. The van der Waals surface area contributed by atoms with Crippen molar-refractivity contribution in [3.05, 3.63) is 63.3 Å². The highest BCUT2D eigenvalue weighted by molar-refractivity contribution is 9.10. The fourth-order valence-corrected chi connectivity index (χ4v) is 2.19. The summed E-state index contributed by atoms with van der Waals surface area (Å²) in [7, 11) is 0. The van der Waals surface area contributed by atoms with Gasteiger partial charge < -0.3 is 5.32 Å². The van der Waals surface area contributed by atoms with Gasteiger partial charge in [0.25, 0.3) is 0 Å². The first-order valence-electron chi connectivity index (χ1n) is 5.53. The van der Waals surface area contributed by atoms with Gasteiger partial charge in [0.2, 0.25) is 0 Å². The van der Waals surface area contributed by atoms with E-state index in [2.05, 4.69) is 21.2 Å². The van der Waals surface area contributed by atoms with Crippen LogP contribution >= 0.6 is 27.5 Å². The molecule has 0 saturated heterocycles. The SMILES string of the molecule is CC(Nc1ccc(Cl)c(Br)c1)c1cccc(F)c1. The fourth-order valence-electron chi connectivity index (χ4n) is 1.70. The number of halogens is 3. The highest BCUT2D eigenvalue weighted by Gasteiger charge is 2.07. The summed E-state index contributed by atoms with van der Waals surface area (Å²) in [5.41, 5.74) is 1.84. The van der Waals surface area contributed by atoms with E-state index in [0.717, 1.165) is 15.7 Å². The second-order valence-electron chi connectivity index (χ2n) is 4.05. The van der Waals surface area contributed by atoms with E-state index in [1.54, 1.807) is 6.07 Å². The minimum absolute atomic E-state index is 0.0220. The van der Waals surface area contributed by atoms with Gasteiger partial charge in [-0.1, -0.05) is 23.7 Å². The smallest absolute Gasteiger partial charge is 0.123 e. The lowest BCUT2D eigenvalue weighted by Crippen LogP contribution is -2.06. The third kappa shape index (κ3) is 3.24. The monoisotopic (exact) mass is 327 g/mol. The molecule has 2 aromatic rings. The number of anilines is 1. The summed E-state index contributed by atoms with van der Waals surface area (Å²) in [5, 5.41) is 3.96. The molecule has 0 spiro atoms. The Balaban J connectivity index is 2.16. The maximum absolute atomic E-state index is 13.1. The van der Waals surface area contributed by atoms with Crippen LogP contribution in [0.4, 0.5) is 10.1 Å². The van der Waals surface area contributed by atoms with E-state index in [0.29, 0.717) is 5.02 Å². The van der Waals surface area contributed by atoms with E-state index in [4.69, 9.17) is 11.6 Å². The van der Waals surface area contributed by atoms with Gasteiger partial charge in [0.1, 0.15) is 5.82 Å². The van der Waals surface area contributed by atoms with Gasteiger partial charge in [0.05, 0.1) is 5.02 Å². The van der Waals surface area contributed by atoms with Crippen LogP contribution in [-0.2, 0) is 0 Å². The molecule has 4 heteroatoms. The predicted molar refractivity (Wildman–Crippen MR) is 77.6 cm³/mol. The van der Waals surface area contributed by atoms with Gasteiger partial charge in [-0.3, -0.25) is 0 Å². The first-order valence-corrected chi connectivity index (χ1v) is 6.70. The van der Waals surface area contributed by atoms with Crippen LogP contribution in [0.3, 0.4) is 0 Å². The van der Waals surface area contributed by atoms with E-state index in [9.17, 15) is 4.39 Å². The van der Waals surface area contributed by atoms with Crippen molar-refractivity contribution in [3.8, 4) is 0 Å². The number of benzene rings is 2. The Morgan fingerprint density at radius 2 is 2.00 bits per heavy atom. The van der Waals surface area contributed by atoms with Crippen molar-refractivity contribution in [1.82, 2.24) is 0 Å². The van der Waals surface area contributed by atoms with Gasteiger partial charge in [-0.05, 0) is 58.7 Å². The third-order valence-corrected chi connectivity index (χ3v) is 3.87. The van der Waals surface area contributed by atoms with Gasteiger partial charge in [-0.2, -0.15) is 0 Å². The Bertz CT molecular complexity index is 559. The van der Waals surface area contributed by atoms with Crippen LogP contribution in [0.25, 0.3) is 0 Å². The number of hydrogen-bond donors (Lipinski definition) is 1. The molecule has 0 heterocycles. The quantitative estimate of drug-likeness (QED) is 0.794. The van der Waals surface area contributed by atoms with Crippen LogP contribution in [0.2, 0.25) is 5.02 Å². The number of hydrogen-bond acceptors (Lipinski definition) is 1. The van der Waals surface area contributed by atoms with Crippen LogP contribution in [0.5, 0.6) is 0 Å². The Kier molecular flexibility index (Phi) is 4.25. The number of nitrogens with one attached hydrogen (secondary N) is 1. The molecule has 0 radical (unpaired) electrons. The predicted octanol–water partition coefficient (Wildman–Crippen LogP) is 5.41. The second kappa shape index (κ2) is 5.72. The Morgan fingerprint density at radius 1 is 1.22 bits per heavy atom. The molecular weight excluding hydrogens is 317 g/mol. The van der Waals surface area contributed by atoms with Crippen molar-refractivity contribution in [1.29, 1.82) is 0 Å². The average Bonchev–Trinajstić information content (AvgIpc) is 2.34. The zero-order valence-electron chi connectivity index (χ0n) is 9.75. The van der Waals surface area contributed by atoms with Gasteiger partial charge in [0.15, 0.2) is 0 Å². The highest BCUT2D eigenvalue weighted by Crippen LogP contribution is 2.27. The zero-order valence-corrected chi connectivity index (χ0v) is 12.1. The molecule has 1 atom stereocenters. The van der Waals surface area contributed by atoms with E-state index in [1.807, 2.05) is 31.2 Å². The standard InChI is InChI=1S/C14H12BrClFN/c1-9(10-3-2-4-11(17)7-10)18-12-5-6-14(16)13(15)8-12/h2-9,18H,1H3. The Labute approximate surface area is 119 Å². The first kappa shape index (κ1) is 13.4. The van der Waals surface area contributed by atoms with Crippen LogP contribution in [0.15, 0.2) is 46.9 Å². The lowest BCUT2D eigenvalue weighted by Gasteiger charge is -2.16. The molecule has 1 nitrogen and oxygen atoms in total. The maximum atomic E-state index is 13.1. The third-order valence-electron chi connectivity index (χ3n) is 2.65. The summed E-state index contributed by atoms with van der Waals surface area (Å²) in [6.45, 7) is 1.98. The van der Waals surface area contributed by atoms with Crippen molar-refractivity contribution >= 4 is 33.2 Å². The van der Waals surface area contributed by atoms with Gasteiger partial charge in [-0.25, -0.2) is 4.39 Å². The summed E-state index contributed by atoms with van der Waals surface area (Å²) >= 11 is 9.30. The summed E-state index contributed by atoms with van der Waals surface area (Å²) in [5.74, 6) is -0.224. The molecule has 0 aliphatic rings. The van der Waals surface area contributed by atoms with Crippen LogP contribution < -0.4 is 5.32 Å². The highest BCUT2D eigenvalue weighted by atomic mass is 79.9. The van der Waals surface area contributed by atoms with E-state index in [1.165, 1.54) is 12.1 Å². The van der Waals surface area contributed by atoms with Gasteiger partial charge in [-0.15, -0.1) is 0 Å². The summed E-state index contributed by atoms with van der Waals surface area (Å²) in [6, 6.07) is 12.2. The molecule has 2 aromatic carbocycles. The molecule has 0 aliphatic carbocycles. The van der Waals surface area contributed by atoms with Crippen LogP contribution in [0.1, 0.15) is 18.5 Å². The lowest BCUT2D eigenvalue weighted by atomic mass is 10.1. The molecule has 0 aromatic heterocycles. The first-order chi connectivity index (χ1) is 8.56. The zero-order chi connectivity index (χ0) is 13.1. The van der Waals surface area contributed by atoms with Crippen LogP contribution in [0, 0.1) is 5.82 Å². The topological polar surface area (TPSA) is 12.0 Å². The molecule has 0 bridgehead atoms. The number of rotatable bonds is 3. The molecule has 94 valence electrons. The molecule has 1 unspecified atom stereocenters. The molecule has 2 rings (SSSR count). The minimum atomic E-state index is -0.224. The van der Waals surface area contributed by atoms with Crippen molar-refractivity contribution in [2.75, 3.05) is 5.32 Å². The molecule has 1 N–H and O–H groups in total. The van der Waals surface area contributed by atoms with Gasteiger partial charge in [0, 0.05) is 16.2 Å². The molecular formula is C14H12BrClFN. The molecule has 0 fully saturated rings. The average molecular weight is 329 g/mol. The van der Waals surface area contributed by atoms with Crippen molar-refractivity contribution in [2.45, 2.75) is 13.0 Å². The van der Waals surface area contributed by atoms with E-state index in [-0.39, 0.29) is 11.9 Å². The molecule has 0 saturated carbocycles. The largest absolute Gasteiger partial charge is 0.378 e. The second-order valence-corrected chi connectivity index (χ2v) is 5.31.